The van der Waals surface area contributed by atoms with Crippen molar-refractivity contribution in [2.75, 3.05) is 20.3 Å². The van der Waals surface area contributed by atoms with Gasteiger partial charge in [-0.2, -0.15) is 5.10 Å². The predicted octanol–water partition coefficient (Wildman–Crippen LogP) is 2.69. The molecular formula is C16H18N2O3. The van der Waals surface area contributed by atoms with Crippen molar-refractivity contribution in [2.24, 2.45) is 0 Å². The number of carbonyl (C=O) groups excluding carboxylic acids is 1. The maximum atomic E-state index is 11.9. The normalized spacial score (nSPS) is 15.9. The van der Waals surface area contributed by atoms with Gasteiger partial charge >= 0.3 is 5.97 Å². The molecule has 1 aromatic carbocycles. The molecule has 5 nitrogen and oxygen atoms in total. The third kappa shape index (κ3) is 2.83. The van der Waals surface area contributed by atoms with E-state index in [1.807, 2.05) is 29.1 Å². The molecule has 2 aromatic rings. The van der Waals surface area contributed by atoms with Crippen LogP contribution in [-0.2, 0) is 9.47 Å². The summed E-state index contributed by atoms with van der Waals surface area (Å²) >= 11 is 0. The summed E-state index contributed by atoms with van der Waals surface area (Å²) in [6, 6.07) is 7.80. The minimum absolute atomic E-state index is 0.329. The molecule has 1 aliphatic rings. The molecule has 0 saturated carbocycles. The lowest BCUT2D eigenvalue weighted by molar-refractivity contribution is 0.0601. The van der Waals surface area contributed by atoms with E-state index in [1.54, 1.807) is 12.3 Å². The Morgan fingerprint density at radius 3 is 2.86 bits per heavy atom. The standard InChI is InChI=1S/C16H18N2O3/c1-20-16(19)15-5-3-2-4-14(15)12-10-17-18(11-12)13-6-8-21-9-7-13/h2-5,10-11,13H,6-9H2,1H3. The molecule has 0 amide bonds. The first-order valence-corrected chi connectivity index (χ1v) is 7.09. The molecule has 21 heavy (non-hydrogen) atoms. The number of esters is 1. The Balaban J connectivity index is 1.91. The topological polar surface area (TPSA) is 53.3 Å². The summed E-state index contributed by atoms with van der Waals surface area (Å²) in [5.74, 6) is -0.329. The molecule has 0 unspecified atom stereocenters. The second-order valence-electron chi connectivity index (χ2n) is 5.09. The molecule has 1 fully saturated rings. The van der Waals surface area contributed by atoms with E-state index in [0.717, 1.165) is 37.2 Å². The van der Waals surface area contributed by atoms with Crippen LogP contribution in [0, 0.1) is 0 Å². The van der Waals surface area contributed by atoms with E-state index in [4.69, 9.17) is 9.47 Å². The summed E-state index contributed by atoms with van der Waals surface area (Å²) in [7, 11) is 1.39. The molecule has 0 N–H and O–H groups in total. The number of rotatable bonds is 3. The second kappa shape index (κ2) is 6.10. The van der Waals surface area contributed by atoms with E-state index in [2.05, 4.69) is 5.10 Å². The van der Waals surface area contributed by atoms with Crippen molar-refractivity contribution in [3.8, 4) is 11.1 Å². The predicted molar refractivity (Wildman–Crippen MR) is 78.1 cm³/mol. The van der Waals surface area contributed by atoms with Crippen LogP contribution in [0.1, 0.15) is 29.2 Å². The molecule has 1 aliphatic heterocycles. The van der Waals surface area contributed by atoms with Crippen molar-refractivity contribution in [1.29, 1.82) is 0 Å². The maximum absolute atomic E-state index is 11.9. The van der Waals surface area contributed by atoms with Crippen LogP contribution in [0.5, 0.6) is 0 Å². The van der Waals surface area contributed by atoms with Gasteiger partial charge in [0.05, 0.1) is 24.9 Å². The summed E-state index contributed by atoms with van der Waals surface area (Å²) < 4.78 is 12.2. The van der Waals surface area contributed by atoms with E-state index in [1.165, 1.54) is 7.11 Å². The van der Waals surface area contributed by atoms with Gasteiger partial charge in [-0.1, -0.05) is 18.2 Å². The number of hydrogen-bond acceptors (Lipinski definition) is 4. The highest BCUT2D eigenvalue weighted by molar-refractivity contribution is 5.97. The van der Waals surface area contributed by atoms with Gasteiger partial charge in [0.1, 0.15) is 0 Å². The second-order valence-corrected chi connectivity index (χ2v) is 5.09. The van der Waals surface area contributed by atoms with Crippen LogP contribution in [0.4, 0.5) is 0 Å². The number of nitrogens with zero attached hydrogens (tertiary/aromatic N) is 2. The van der Waals surface area contributed by atoms with E-state index in [9.17, 15) is 4.79 Å². The Morgan fingerprint density at radius 2 is 2.10 bits per heavy atom. The van der Waals surface area contributed by atoms with Crippen molar-refractivity contribution in [3.05, 3.63) is 42.2 Å². The molecule has 0 atom stereocenters. The molecule has 1 saturated heterocycles. The van der Waals surface area contributed by atoms with Gasteiger partial charge in [0.25, 0.3) is 0 Å². The van der Waals surface area contributed by atoms with Gasteiger partial charge in [-0.25, -0.2) is 4.79 Å². The van der Waals surface area contributed by atoms with Gasteiger partial charge in [-0.15, -0.1) is 0 Å². The third-order valence-electron chi connectivity index (χ3n) is 3.81. The van der Waals surface area contributed by atoms with Crippen LogP contribution >= 0.6 is 0 Å². The van der Waals surface area contributed by atoms with E-state index in [0.29, 0.717) is 11.6 Å². The van der Waals surface area contributed by atoms with Crippen molar-refractivity contribution in [3.63, 3.8) is 0 Å². The van der Waals surface area contributed by atoms with E-state index in [-0.39, 0.29) is 5.97 Å². The average molecular weight is 286 g/mol. The zero-order chi connectivity index (χ0) is 14.7. The highest BCUT2D eigenvalue weighted by atomic mass is 16.5. The Bertz CT molecular complexity index is 630. The molecular weight excluding hydrogens is 268 g/mol. The SMILES string of the molecule is COC(=O)c1ccccc1-c1cnn(C2CCOCC2)c1. The Labute approximate surface area is 123 Å². The zero-order valence-electron chi connectivity index (χ0n) is 12.0. The summed E-state index contributed by atoms with van der Waals surface area (Å²) in [4.78, 5) is 11.9. The maximum Gasteiger partial charge on any atom is 0.338 e. The van der Waals surface area contributed by atoms with Crippen molar-refractivity contribution in [1.82, 2.24) is 9.78 Å². The Hall–Kier alpha value is -2.14. The molecule has 3 rings (SSSR count). The summed E-state index contributed by atoms with van der Waals surface area (Å²) in [5, 5.41) is 4.45. The molecule has 0 spiro atoms. The molecule has 2 heterocycles. The van der Waals surface area contributed by atoms with Crippen LogP contribution < -0.4 is 0 Å². The number of hydrogen-bond donors (Lipinski definition) is 0. The van der Waals surface area contributed by atoms with Crippen LogP contribution in [0.25, 0.3) is 11.1 Å². The largest absolute Gasteiger partial charge is 0.465 e. The Morgan fingerprint density at radius 1 is 1.33 bits per heavy atom. The number of benzene rings is 1. The van der Waals surface area contributed by atoms with E-state index < -0.39 is 0 Å². The fourth-order valence-corrected chi connectivity index (χ4v) is 2.65. The first kappa shape index (κ1) is 13.8. The molecule has 0 aliphatic carbocycles. The van der Waals surface area contributed by atoms with Gasteiger partial charge in [0, 0.05) is 25.0 Å². The number of carbonyl (C=O) groups is 1. The lowest BCUT2D eigenvalue weighted by atomic mass is 10.0. The van der Waals surface area contributed by atoms with Gasteiger partial charge in [-0.3, -0.25) is 4.68 Å². The fraction of sp³-hybridized carbons (Fsp3) is 0.375. The smallest absolute Gasteiger partial charge is 0.338 e. The van der Waals surface area contributed by atoms with Crippen molar-refractivity contribution >= 4 is 5.97 Å². The van der Waals surface area contributed by atoms with Crippen LogP contribution in [0.2, 0.25) is 0 Å². The van der Waals surface area contributed by atoms with Crippen molar-refractivity contribution in [2.45, 2.75) is 18.9 Å². The van der Waals surface area contributed by atoms with Crippen molar-refractivity contribution < 1.29 is 14.3 Å². The quantitative estimate of drug-likeness (QED) is 0.814. The molecule has 1 aromatic heterocycles. The van der Waals surface area contributed by atoms with Crippen LogP contribution in [-0.4, -0.2) is 36.1 Å². The zero-order valence-corrected chi connectivity index (χ0v) is 12.0. The highest BCUT2D eigenvalue weighted by Crippen LogP contribution is 2.27. The van der Waals surface area contributed by atoms with Gasteiger partial charge in [0.2, 0.25) is 0 Å². The minimum atomic E-state index is -0.329. The minimum Gasteiger partial charge on any atom is -0.465 e. The van der Waals surface area contributed by atoms with Gasteiger partial charge in [-0.05, 0) is 24.5 Å². The van der Waals surface area contributed by atoms with E-state index >= 15 is 0 Å². The molecule has 0 bridgehead atoms. The summed E-state index contributed by atoms with van der Waals surface area (Å²) in [5.41, 5.74) is 2.34. The first-order chi connectivity index (χ1) is 10.3. The summed E-state index contributed by atoms with van der Waals surface area (Å²) in [6.45, 7) is 1.55. The van der Waals surface area contributed by atoms with Gasteiger partial charge in [0.15, 0.2) is 0 Å². The summed E-state index contributed by atoms with van der Waals surface area (Å²) in [6.07, 6.45) is 5.74. The van der Waals surface area contributed by atoms with Crippen LogP contribution in [0.15, 0.2) is 36.7 Å². The average Bonchev–Trinajstić information content (AvgIpc) is 3.05. The lowest BCUT2D eigenvalue weighted by Gasteiger charge is -2.22. The van der Waals surface area contributed by atoms with Gasteiger partial charge < -0.3 is 9.47 Å². The number of aromatic nitrogens is 2. The monoisotopic (exact) mass is 286 g/mol. The molecule has 110 valence electrons. The first-order valence-electron chi connectivity index (χ1n) is 7.09. The number of methoxy groups -OCH3 is 1. The Kier molecular flexibility index (Phi) is 4.01. The number of ether oxygens (including phenoxy) is 2. The molecule has 0 radical (unpaired) electrons. The fourth-order valence-electron chi connectivity index (χ4n) is 2.65. The highest BCUT2D eigenvalue weighted by Gasteiger charge is 2.18. The van der Waals surface area contributed by atoms with Crippen LogP contribution in [0.3, 0.4) is 0 Å². The molecule has 5 heteroatoms. The lowest BCUT2D eigenvalue weighted by Crippen LogP contribution is -2.19. The third-order valence-corrected chi connectivity index (χ3v) is 3.81.